The fourth-order valence-electron chi connectivity index (χ4n) is 0.693. The van der Waals surface area contributed by atoms with Crippen molar-refractivity contribution in [2.45, 2.75) is 16.9 Å². The number of hydrogen-bond acceptors (Lipinski definition) is 10. The molecule has 0 N–H and O–H groups in total. The molecule has 0 rings (SSSR count). The highest BCUT2D eigenvalue weighted by Crippen LogP contribution is 1.99. The molecule has 21 heavy (non-hydrogen) atoms. The van der Waals surface area contributed by atoms with Crippen molar-refractivity contribution >= 4 is 87.7 Å². The van der Waals surface area contributed by atoms with Crippen LogP contribution in [-0.4, -0.2) is 58.7 Å². The molecular formula is C11H22O4S6. The van der Waals surface area contributed by atoms with E-state index in [1.54, 1.807) is 0 Å². The van der Waals surface area contributed by atoms with Gasteiger partial charge in [-0.05, 0) is 0 Å². The highest BCUT2D eigenvalue weighted by Gasteiger charge is 2.05. The van der Waals surface area contributed by atoms with Crippen molar-refractivity contribution < 1.29 is 19.1 Å². The summed E-state index contributed by atoms with van der Waals surface area (Å²) in [7, 11) is 0. The molecule has 10 heteroatoms. The summed E-state index contributed by atoms with van der Waals surface area (Å²) in [6.07, 6.45) is 0.357. The maximum atomic E-state index is 10.7. The normalized spacial score (nSPS) is 12.7. The molecule has 0 bridgehead atoms. The maximum absolute atomic E-state index is 10.7. The smallest absolute Gasteiger partial charge is 0.315 e. The van der Waals surface area contributed by atoms with Gasteiger partial charge in [0.1, 0.15) is 13.2 Å². The van der Waals surface area contributed by atoms with E-state index in [1.165, 1.54) is 0 Å². The number of esters is 2. The van der Waals surface area contributed by atoms with E-state index in [1.807, 2.05) is 0 Å². The van der Waals surface area contributed by atoms with Crippen molar-refractivity contribution in [2.75, 3.05) is 36.2 Å². The second-order valence-corrected chi connectivity index (χ2v) is 6.62. The van der Waals surface area contributed by atoms with Gasteiger partial charge in [0, 0.05) is 27.8 Å². The van der Waals surface area contributed by atoms with E-state index in [4.69, 9.17) is 9.47 Å². The lowest BCUT2D eigenvalue weighted by molar-refractivity contribution is -0.143. The highest BCUT2D eigenvalue weighted by atomic mass is 32.1. The quantitative estimate of drug-likeness (QED) is 0.259. The van der Waals surface area contributed by atoms with Gasteiger partial charge in [0.25, 0.3) is 0 Å². The minimum absolute atomic E-state index is 0.0205. The Bertz CT molecular complexity index is 279. The van der Waals surface area contributed by atoms with Gasteiger partial charge in [-0.2, -0.15) is 75.8 Å². The molecule has 2 atom stereocenters. The van der Waals surface area contributed by atoms with E-state index in [9.17, 15) is 9.59 Å². The lowest BCUT2D eigenvalue weighted by atomic mass is 10.5. The summed E-state index contributed by atoms with van der Waals surface area (Å²) in [6.45, 7) is 0.644. The van der Waals surface area contributed by atoms with Crippen molar-refractivity contribution in [1.29, 1.82) is 0 Å². The molecule has 0 saturated heterocycles. The first-order valence-electron chi connectivity index (χ1n) is 6.02. The van der Waals surface area contributed by atoms with E-state index in [-0.39, 0.29) is 28.2 Å². The van der Waals surface area contributed by atoms with Gasteiger partial charge in [-0.15, -0.1) is 0 Å². The van der Waals surface area contributed by atoms with Crippen LogP contribution in [0.1, 0.15) is 6.42 Å². The third-order valence-electron chi connectivity index (χ3n) is 1.74. The van der Waals surface area contributed by atoms with Gasteiger partial charge in [0.05, 0.1) is 12.2 Å². The number of thiol groups is 6. The molecule has 0 fully saturated rings. The minimum Gasteiger partial charge on any atom is -0.464 e. The van der Waals surface area contributed by atoms with Crippen LogP contribution in [0.25, 0.3) is 0 Å². The molecule has 0 aliphatic carbocycles. The SMILES string of the molecule is O=C(CCS)OCC(S)CS.O=C(CS)OCC(S)CS. The first kappa shape index (κ1) is 24.3. The standard InChI is InChI=1S/C6H12O2S3.C5H10O2S3/c7-6(1-2-9)8-3-5(11)4-10;6-5(3-9)7-1-4(10)2-8/h5,9-11H,1-4H2;4,8-10H,1-3H2. The summed E-state index contributed by atoms with van der Waals surface area (Å²) in [5.41, 5.74) is 0. The monoisotopic (exact) mass is 410 g/mol. The molecule has 0 aliphatic heterocycles. The Morgan fingerprint density at radius 3 is 1.57 bits per heavy atom. The summed E-state index contributed by atoms with van der Waals surface area (Å²) in [6, 6.07) is 0. The summed E-state index contributed by atoms with van der Waals surface area (Å²) in [5, 5.41) is 0.0503. The molecule has 126 valence electrons. The minimum atomic E-state index is -0.316. The van der Waals surface area contributed by atoms with Crippen molar-refractivity contribution in [2.24, 2.45) is 0 Å². The Kier molecular flexibility index (Phi) is 20.1. The third-order valence-corrected chi connectivity index (χ3v) is 4.34. The Labute approximate surface area is 159 Å². The van der Waals surface area contributed by atoms with Crippen molar-refractivity contribution in [3.05, 3.63) is 0 Å². The van der Waals surface area contributed by atoms with Crippen LogP contribution in [0.4, 0.5) is 0 Å². The van der Waals surface area contributed by atoms with Crippen LogP contribution in [-0.2, 0) is 19.1 Å². The van der Waals surface area contributed by atoms with Crippen LogP contribution < -0.4 is 0 Å². The topological polar surface area (TPSA) is 52.6 Å². The van der Waals surface area contributed by atoms with E-state index >= 15 is 0 Å². The molecule has 0 radical (unpaired) electrons. The molecule has 4 nitrogen and oxygen atoms in total. The van der Waals surface area contributed by atoms with Gasteiger partial charge in [0.15, 0.2) is 0 Å². The fourth-order valence-corrected chi connectivity index (χ4v) is 1.33. The predicted octanol–water partition coefficient (Wildman–Crippen LogP) is 1.77. The summed E-state index contributed by atoms with van der Waals surface area (Å²) >= 11 is 23.7. The van der Waals surface area contributed by atoms with Gasteiger partial charge >= 0.3 is 11.9 Å². The molecule has 0 aliphatic rings. The lowest BCUT2D eigenvalue weighted by Crippen LogP contribution is -2.15. The summed E-state index contributed by atoms with van der Waals surface area (Å²) in [5.74, 6) is 1.31. The Morgan fingerprint density at radius 1 is 0.810 bits per heavy atom. The van der Waals surface area contributed by atoms with Gasteiger partial charge in [-0.1, -0.05) is 0 Å². The largest absolute Gasteiger partial charge is 0.464 e. The molecule has 0 aromatic heterocycles. The van der Waals surface area contributed by atoms with Crippen LogP contribution in [0.3, 0.4) is 0 Å². The third kappa shape index (κ3) is 19.0. The molecule has 0 saturated carbocycles. The molecule has 0 spiro atoms. The molecule has 0 amide bonds. The Morgan fingerprint density at radius 2 is 1.24 bits per heavy atom. The van der Waals surface area contributed by atoms with Crippen LogP contribution in [0.5, 0.6) is 0 Å². The average molecular weight is 411 g/mol. The Balaban J connectivity index is 0. The molecule has 0 heterocycles. The number of hydrogen-bond donors (Lipinski definition) is 6. The zero-order chi connectivity index (χ0) is 16.7. The zero-order valence-electron chi connectivity index (χ0n) is 11.4. The fraction of sp³-hybridized carbons (Fsp3) is 0.818. The van der Waals surface area contributed by atoms with E-state index in [2.05, 4.69) is 75.8 Å². The van der Waals surface area contributed by atoms with E-state index in [0.29, 0.717) is 36.9 Å². The Hall–Kier alpha value is 1.04. The molecular weight excluding hydrogens is 389 g/mol. The number of carbonyl (C=O) groups is 2. The second-order valence-electron chi connectivity index (χ2n) is 3.67. The maximum Gasteiger partial charge on any atom is 0.315 e. The van der Waals surface area contributed by atoms with E-state index in [0.717, 1.165) is 0 Å². The van der Waals surface area contributed by atoms with Crippen molar-refractivity contribution in [1.82, 2.24) is 0 Å². The first-order valence-corrected chi connectivity index (χ1v) is 9.58. The van der Waals surface area contributed by atoms with Crippen LogP contribution in [0, 0.1) is 0 Å². The zero-order valence-corrected chi connectivity index (χ0v) is 16.8. The number of carbonyl (C=O) groups excluding carboxylic acids is 2. The van der Waals surface area contributed by atoms with Crippen molar-refractivity contribution in [3.63, 3.8) is 0 Å². The second kappa shape index (κ2) is 17.4. The van der Waals surface area contributed by atoms with Crippen LogP contribution in [0.15, 0.2) is 0 Å². The highest BCUT2D eigenvalue weighted by molar-refractivity contribution is 7.85. The van der Waals surface area contributed by atoms with Crippen molar-refractivity contribution in [3.8, 4) is 0 Å². The van der Waals surface area contributed by atoms with Gasteiger partial charge in [-0.25, -0.2) is 0 Å². The predicted molar refractivity (Wildman–Crippen MR) is 107 cm³/mol. The van der Waals surface area contributed by atoms with Crippen LogP contribution >= 0.6 is 75.8 Å². The average Bonchev–Trinajstić information content (AvgIpc) is 2.50. The van der Waals surface area contributed by atoms with E-state index < -0.39 is 0 Å². The van der Waals surface area contributed by atoms with Crippen LogP contribution in [0.2, 0.25) is 0 Å². The molecule has 2 unspecified atom stereocenters. The molecule has 0 aromatic carbocycles. The number of rotatable bonds is 9. The van der Waals surface area contributed by atoms with Gasteiger partial charge < -0.3 is 9.47 Å². The van der Waals surface area contributed by atoms with Gasteiger partial charge in [0.2, 0.25) is 0 Å². The molecule has 0 aromatic rings. The summed E-state index contributed by atoms with van der Waals surface area (Å²) in [4.78, 5) is 21.2. The van der Waals surface area contributed by atoms with Gasteiger partial charge in [-0.3, -0.25) is 9.59 Å². The summed E-state index contributed by atoms with van der Waals surface area (Å²) < 4.78 is 9.53. The first-order chi connectivity index (χ1) is 9.90. The number of ether oxygens (including phenoxy) is 2. The lowest BCUT2D eigenvalue weighted by Gasteiger charge is -2.07.